The van der Waals surface area contributed by atoms with Crippen molar-refractivity contribution in [2.45, 2.75) is 25.7 Å². The molecule has 0 aliphatic carbocycles. The highest BCUT2D eigenvalue weighted by Gasteiger charge is 2.21. The standard InChI is InChI=1S/C19H21N3O3S2/c1-11-8-13(3)17-16(9-11)26-19(20-17)21-18(23)15-10-14(7-6-12(15)2)27(24,25)22(4)5/h6-10H,1-5H3,(H,20,21,23). The van der Waals surface area contributed by atoms with Crippen molar-refractivity contribution in [3.63, 3.8) is 0 Å². The Kier molecular flexibility index (Phi) is 5.07. The highest BCUT2D eigenvalue weighted by molar-refractivity contribution is 7.89. The average Bonchev–Trinajstić information content (AvgIpc) is 2.97. The van der Waals surface area contributed by atoms with Crippen molar-refractivity contribution in [2.24, 2.45) is 0 Å². The SMILES string of the molecule is Cc1cc(C)c2nc(NC(=O)c3cc(S(=O)(=O)N(C)C)ccc3C)sc2c1. The van der Waals surface area contributed by atoms with Crippen LogP contribution in [0.1, 0.15) is 27.0 Å². The number of nitrogens with one attached hydrogen (secondary N) is 1. The van der Waals surface area contributed by atoms with Gasteiger partial charge in [0.2, 0.25) is 10.0 Å². The van der Waals surface area contributed by atoms with E-state index in [2.05, 4.69) is 10.3 Å². The number of sulfonamides is 1. The number of amides is 1. The number of carbonyl (C=O) groups is 1. The maximum atomic E-state index is 12.8. The first kappa shape index (κ1) is 19.5. The molecule has 27 heavy (non-hydrogen) atoms. The molecule has 0 radical (unpaired) electrons. The van der Waals surface area contributed by atoms with Gasteiger partial charge < -0.3 is 0 Å². The van der Waals surface area contributed by atoms with Gasteiger partial charge in [-0.25, -0.2) is 17.7 Å². The Morgan fingerprint density at radius 3 is 2.44 bits per heavy atom. The predicted molar refractivity (Wildman–Crippen MR) is 109 cm³/mol. The minimum absolute atomic E-state index is 0.0824. The van der Waals surface area contributed by atoms with Crippen molar-refractivity contribution in [3.05, 3.63) is 52.6 Å². The minimum atomic E-state index is -3.61. The van der Waals surface area contributed by atoms with Crippen molar-refractivity contribution in [2.75, 3.05) is 19.4 Å². The van der Waals surface area contributed by atoms with Crippen molar-refractivity contribution in [1.29, 1.82) is 0 Å². The summed E-state index contributed by atoms with van der Waals surface area (Å²) in [5, 5.41) is 3.29. The summed E-state index contributed by atoms with van der Waals surface area (Å²) >= 11 is 1.40. The van der Waals surface area contributed by atoms with Crippen LogP contribution < -0.4 is 5.32 Å². The number of carbonyl (C=O) groups excluding carboxylic acids is 1. The second-order valence-electron chi connectivity index (χ2n) is 6.67. The van der Waals surface area contributed by atoms with E-state index in [-0.39, 0.29) is 10.8 Å². The van der Waals surface area contributed by atoms with Gasteiger partial charge in [-0.05, 0) is 55.7 Å². The number of hydrogen-bond donors (Lipinski definition) is 1. The third-order valence-electron chi connectivity index (χ3n) is 4.28. The number of anilines is 1. The number of hydrogen-bond acceptors (Lipinski definition) is 5. The van der Waals surface area contributed by atoms with Gasteiger partial charge in [-0.2, -0.15) is 0 Å². The van der Waals surface area contributed by atoms with Gasteiger partial charge in [0.15, 0.2) is 5.13 Å². The van der Waals surface area contributed by atoms with E-state index < -0.39 is 10.0 Å². The zero-order valence-corrected chi connectivity index (χ0v) is 17.5. The van der Waals surface area contributed by atoms with Gasteiger partial charge in [0, 0.05) is 19.7 Å². The Morgan fingerprint density at radius 1 is 1.07 bits per heavy atom. The smallest absolute Gasteiger partial charge is 0.257 e. The molecule has 0 spiro atoms. The molecular weight excluding hydrogens is 382 g/mol. The lowest BCUT2D eigenvalue weighted by atomic mass is 10.1. The zero-order valence-electron chi connectivity index (χ0n) is 15.8. The molecule has 0 saturated carbocycles. The maximum Gasteiger partial charge on any atom is 0.257 e. The van der Waals surface area contributed by atoms with Crippen LogP contribution in [0.3, 0.4) is 0 Å². The highest BCUT2D eigenvalue weighted by atomic mass is 32.2. The summed E-state index contributed by atoms with van der Waals surface area (Å²) < 4.78 is 26.8. The molecule has 0 aliphatic rings. The molecule has 6 nitrogen and oxygen atoms in total. The van der Waals surface area contributed by atoms with E-state index in [1.54, 1.807) is 13.0 Å². The zero-order chi connectivity index (χ0) is 19.9. The lowest BCUT2D eigenvalue weighted by molar-refractivity contribution is 0.102. The molecule has 3 aromatic rings. The van der Waals surface area contributed by atoms with Crippen LogP contribution in [0.4, 0.5) is 5.13 Å². The molecule has 2 aromatic carbocycles. The summed E-state index contributed by atoms with van der Waals surface area (Å²) in [5.74, 6) is -0.378. The number of nitrogens with zero attached hydrogens (tertiary/aromatic N) is 2. The van der Waals surface area contributed by atoms with Gasteiger partial charge in [0.1, 0.15) is 0 Å². The second-order valence-corrected chi connectivity index (χ2v) is 9.85. The molecule has 0 saturated heterocycles. The molecule has 0 unspecified atom stereocenters. The molecule has 0 aliphatic heterocycles. The summed E-state index contributed by atoms with van der Waals surface area (Å²) in [6.45, 7) is 5.78. The molecule has 8 heteroatoms. The fourth-order valence-electron chi connectivity index (χ4n) is 2.81. The third-order valence-corrected chi connectivity index (χ3v) is 7.01. The van der Waals surface area contributed by atoms with E-state index in [9.17, 15) is 13.2 Å². The van der Waals surface area contributed by atoms with Gasteiger partial charge >= 0.3 is 0 Å². The van der Waals surface area contributed by atoms with Crippen molar-refractivity contribution >= 4 is 42.6 Å². The Balaban J connectivity index is 1.96. The summed E-state index contributed by atoms with van der Waals surface area (Å²) in [6.07, 6.45) is 0. The van der Waals surface area contributed by atoms with E-state index in [0.717, 1.165) is 25.6 Å². The topological polar surface area (TPSA) is 79.4 Å². The number of aromatic nitrogens is 1. The summed E-state index contributed by atoms with van der Waals surface area (Å²) in [6, 6.07) is 8.63. The molecule has 142 valence electrons. The molecule has 1 N–H and O–H groups in total. The van der Waals surface area contributed by atoms with Gasteiger partial charge in [-0.15, -0.1) is 0 Å². The van der Waals surface area contributed by atoms with E-state index in [1.165, 1.54) is 37.6 Å². The number of fused-ring (bicyclic) bond motifs is 1. The Morgan fingerprint density at radius 2 is 1.78 bits per heavy atom. The van der Waals surface area contributed by atoms with E-state index in [0.29, 0.717) is 16.3 Å². The fourth-order valence-corrected chi connectivity index (χ4v) is 4.77. The van der Waals surface area contributed by atoms with Crippen LogP contribution in [0.15, 0.2) is 35.2 Å². The molecule has 1 amide bonds. The molecular formula is C19H21N3O3S2. The molecule has 0 atom stereocenters. The molecule has 0 bridgehead atoms. The van der Waals surface area contributed by atoms with Crippen LogP contribution in [0.5, 0.6) is 0 Å². The summed E-state index contributed by atoms with van der Waals surface area (Å²) in [5.41, 5.74) is 4.06. The van der Waals surface area contributed by atoms with Gasteiger partial charge in [0.25, 0.3) is 5.91 Å². The van der Waals surface area contributed by atoms with E-state index in [1.807, 2.05) is 26.0 Å². The monoisotopic (exact) mass is 403 g/mol. The van der Waals surface area contributed by atoms with Gasteiger partial charge in [0.05, 0.1) is 15.1 Å². The number of aryl methyl sites for hydroxylation is 3. The van der Waals surface area contributed by atoms with Crippen molar-refractivity contribution in [1.82, 2.24) is 9.29 Å². The molecule has 1 heterocycles. The van der Waals surface area contributed by atoms with Crippen molar-refractivity contribution in [3.8, 4) is 0 Å². The van der Waals surface area contributed by atoms with Crippen molar-refractivity contribution < 1.29 is 13.2 Å². The summed E-state index contributed by atoms with van der Waals surface area (Å²) in [7, 11) is -0.696. The van der Waals surface area contributed by atoms with Crippen LogP contribution in [0.25, 0.3) is 10.2 Å². The molecule has 0 fully saturated rings. The van der Waals surface area contributed by atoms with E-state index in [4.69, 9.17) is 0 Å². The first-order chi connectivity index (χ1) is 12.6. The molecule has 1 aromatic heterocycles. The number of benzene rings is 2. The third kappa shape index (κ3) is 3.73. The van der Waals surface area contributed by atoms with Crippen LogP contribution in [-0.4, -0.2) is 37.7 Å². The number of rotatable bonds is 4. The van der Waals surface area contributed by atoms with Crippen LogP contribution in [0, 0.1) is 20.8 Å². The molecule has 3 rings (SSSR count). The predicted octanol–water partition coefficient (Wildman–Crippen LogP) is 3.72. The normalized spacial score (nSPS) is 11.9. The fraction of sp³-hybridized carbons (Fsp3) is 0.263. The average molecular weight is 404 g/mol. The maximum absolute atomic E-state index is 12.8. The first-order valence-electron chi connectivity index (χ1n) is 8.32. The minimum Gasteiger partial charge on any atom is -0.298 e. The van der Waals surface area contributed by atoms with Gasteiger partial charge in [-0.1, -0.05) is 23.5 Å². The summed E-state index contributed by atoms with van der Waals surface area (Å²) in [4.78, 5) is 17.4. The van der Waals surface area contributed by atoms with Crippen LogP contribution in [-0.2, 0) is 10.0 Å². The van der Waals surface area contributed by atoms with Gasteiger partial charge in [-0.3, -0.25) is 10.1 Å². The van der Waals surface area contributed by atoms with Crippen LogP contribution >= 0.6 is 11.3 Å². The van der Waals surface area contributed by atoms with E-state index >= 15 is 0 Å². The largest absolute Gasteiger partial charge is 0.298 e. The Labute approximate surface area is 162 Å². The Bertz CT molecular complexity index is 1150. The first-order valence-corrected chi connectivity index (χ1v) is 10.6. The Hall–Kier alpha value is -2.29. The lowest BCUT2D eigenvalue weighted by Gasteiger charge is -2.13. The number of thiazole rings is 1. The quantitative estimate of drug-likeness (QED) is 0.720. The van der Waals surface area contributed by atoms with Crippen LogP contribution in [0.2, 0.25) is 0 Å². The highest BCUT2D eigenvalue weighted by Crippen LogP contribution is 2.30. The second kappa shape index (κ2) is 7.03. The lowest BCUT2D eigenvalue weighted by Crippen LogP contribution is -2.23.